The lowest BCUT2D eigenvalue weighted by atomic mass is 10.0. The summed E-state index contributed by atoms with van der Waals surface area (Å²) in [7, 11) is 0. The van der Waals surface area contributed by atoms with Gasteiger partial charge < -0.3 is 0 Å². The van der Waals surface area contributed by atoms with E-state index < -0.39 is 5.82 Å². The zero-order valence-electron chi connectivity index (χ0n) is 11.1. The van der Waals surface area contributed by atoms with Gasteiger partial charge in [-0.05, 0) is 23.8 Å². The summed E-state index contributed by atoms with van der Waals surface area (Å²) in [6.07, 6.45) is 6.28. The molecule has 1 atom stereocenters. The molecule has 21 heavy (non-hydrogen) atoms. The zero-order chi connectivity index (χ0) is 14.7. The van der Waals surface area contributed by atoms with E-state index in [1.165, 1.54) is 6.07 Å². The van der Waals surface area contributed by atoms with Crippen molar-refractivity contribution in [2.75, 3.05) is 0 Å². The van der Waals surface area contributed by atoms with E-state index >= 15 is 0 Å². The number of para-hydroxylation sites is 1. The van der Waals surface area contributed by atoms with Gasteiger partial charge in [0.05, 0.1) is 24.1 Å². The van der Waals surface area contributed by atoms with E-state index in [4.69, 9.17) is 5.84 Å². The molecular weight excluding hydrogens is 269 g/mol. The molecule has 0 amide bonds. The van der Waals surface area contributed by atoms with Gasteiger partial charge in [0, 0.05) is 18.0 Å². The number of nitrogens with two attached hydrogens (primary N) is 1. The molecule has 3 N–H and O–H groups in total. The first-order valence-electron chi connectivity index (χ1n) is 6.44. The lowest BCUT2D eigenvalue weighted by Crippen LogP contribution is -2.28. The summed E-state index contributed by atoms with van der Waals surface area (Å²) >= 11 is 0. The highest BCUT2D eigenvalue weighted by atomic mass is 19.1. The fourth-order valence-electron chi connectivity index (χ4n) is 2.18. The average Bonchev–Trinajstić information content (AvgIpc) is 2.99. The van der Waals surface area contributed by atoms with E-state index in [2.05, 4.69) is 15.5 Å². The molecule has 3 aromatic rings. The van der Waals surface area contributed by atoms with Gasteiger partial charge in [0.2, 0.25) is 0 Å². The van der Waals surface area contributed by atoms with Crippen molar-refractivity contribution >= 4 is 0 Å². The highest BCUT2D eigenvalue weighted by Crippen LogP contribution is 2.21. The molecule has 6 heteroatoms. The second-order valence-corrected chi connectivity index (χ2v) is 4.59. The smallest absolute Gasteiger partial charge is 0.141 e. The quantitative estimate of drug-likeness (QED) is 0.567. The largest absolute Gasteiger partial charge is 0.271 e. The third-order valence-corrected chi connectivity index (χ3v) is 3.18. The Morgan fingerprint density at radius 2 is 1.90 bits per heavy atom. The van der Waals surface area contributed by atoms with Crippen molar-refractivity contribution in [2.24, 2.45) is 5.84 Å². The van der Waals surface area contributed by atoms with Crippen LogP contribution in [0.4, 0.5) is 4.39 Å². The van der Waals surface area contributed by atoms with Gasteiger partial charge in [-0.2, -0.15) is 5.10 Å². The van der Waals surface area contributed by atoms with Crippen LogP contribution in [0.25, 0.3) is 5.69 Å². The van der Waals surface area contributed by atoms with Crippen LogP contribution < -0.4 is 11.3 Å². The Morgan fingerprint density at radius 3 is 2.62 bits per heavy atom. The Morgan fingerprint density at radius 1 is 1.10 bits per heavy atom. The van der Waals surface area contributed by atoms with Crippen LogP contribution in [0.3, 0.4) is 0 Å². The highest BCUT2D eigenvalue weighted by molar-refractivity contribution is 5.33. The number of pyridine rings is 1. The van der Waals surface area contributed by atoms with Crippen molar-refractivity contribution in [1.29, 1.82) is 0 Å². The zero-order valence-corrected chi connectivity index (χ0v) is 11.1. The van der Waals surface area contributed by atoms with E-state index in [1.807, 2.05) is 36.5 Å². The third kappa shape index (κ3) is 2.81. The lowest BCUT2D eigenvalue weighted by Gasteiger charge is -2.13. The minimum atomic E-state index is -0.400. The summed E-state index contributed by atoms with van der Waals surface area (Å²) in [5.74, 6) is 5.20. The molecule has 106 valence electrons. The molecule has 1 aromatic carbocycles. The summed E-state index contributed by atoms with van der Waals surface area (Å²) in [6, 6.07) is 10.7. The molecule has 0 fully saturated rings. The molecule has 1 unspecified atom stereocenters. The van der Waals surface area contributed by atoms with Gasteiger partial charge in [0.15, 0.2) is 0 Å². The number of benzene rings is 1. The van der Waals surface area contributed by atoms with Gasteiger partial charge in [-0.15, -0.1) is 0 Å². The first kappa shape index (κ1) is 13.4. The SMILES string of the molecule is NNC(c1cncc(F)c1)c1cnn(-c2ccccc2)c1. The van der Waals surface area contributed by atoms with Crippen LogP contribution in [0.5, 0.6) is 0 Å². The molecule has 2 heterocycles. The summed E-state index contributed by atoms with van der Waals surface area (Å²) in [4.78, 5) is 3.85. The molecule has 0 spiro atoms. The van der Waals surface area contributed by atoms with E-state index in [0.29, 0.717) is 5.56 Å². The van der Waals surface area contributed by atoms with Gasteiger partial charge in [-0.25, -0.2) is 14.5 Å². The van der Waals surface area contributed by atoms with Crippen molar-refractivity contribution in [3.05, 3.63) is 78.1 Å². The number of hydrogen-bond donors (Lipinski definition) is 2. The predicted octanol–water partition coefficient (Wildman–Crippen LogP) is 1.96. The lowest BCUT2D eigenvalue weighted by molar-refractivity contribution is 0.598. The minimum Gasteiger partial charge on any atom is -0.271 e. The molecule has 5 nitrogen and oxygen atoms in total. The van der Waals surface area contributed by atoms with Crippen LogP contribution in [0.2, 0.25) is 0 Å². The Hall–Kier alpha value is -2.57. The Balaban J connectivity index is 1.94. The van der Waals surface area contributed by atoms with Gasteiger partial charge in [0.1, 0.15) is 5.82 Å². The van der Waals surface area contributed by atoms with E-state index in [0.717, 1.165) is 17.4 Å². The molecule has 0 bridgehead atoms. The Kier molecular flexibility index (Phi) is 3.72. The van der Waals surface area contributed by atoms with Gasteiger partial charge in [-0.3, -0.25) is 10.8 Å². The van der Waals surface area contributed by atoms with E-state index in [1.54, 1.807) is 17.1 Å². The van der Waals surface area contributed by atoms with Gasteiger partial charge in [0.25, 0.3) is 0 Å². The van der Waals surface area contributed by atoms with Crippen molar-refractivity contribution in [3.63, 3.8) is 0 Å². The molecule has 0 aliphatic rings. The maximum atomic E-state index is 13.3. The topological polar surface area (TPSA) is 68.8 Å². The van der Waals surface area contributed by atoms with Gasteiger partial charge >= 0.3 is 0 Å². The summed E-state index contributed by atoms with van der Waals surface area (Å²) in [5, 5.41) is 4.31. The summed E-state index contributed by atoms with van der Waals surface area (Å²) < 4.78 is 15.0. The number of aromatic nitrogens is 3. The second-order valence-electron chi connectivity index (χ2n) is 4.59. The van der Waals surface area contributed by atoms with Crippen LogP contribution >= 0.6 is 0 Å². The van der Waals surface area contributed by atoms with Crippen LogP contribution in [0, 0.1) is 5.82 Å². The highest BCUT2D eigenvalue weighted by Gasteiger charge is 2.15. The maximum Gasteiger partial charge on any atom is 0.141 e. The van der Waals surface area contributed by atoms with Crippen LogP contribution in [0.1, 0.15) is 17.2 Å². The number of nitrogens with zero attached hydrogens (tertiary/aromatic N) is 3. The Bertz CT molecular complexity index is 726. The fourth-order valence-corrected chi connectivity index (χ4v) is 2.18. The molecule has 0 aliphatic carbocycles. The minimum absolute atomic E-state index is 0.370. The van der Waals surface area contributed by atoms with Crippen molar-refractivity contribution in [3.8, 4) is 5.69 Å². The average molecular weight is 283 g/mol. The fraction of sp³-hybridized carbons (Fsp3) is 0.0667. The third-order valence-electron chi connectivity index (χ3n) is 3.18. The summed E-state index contributed by atoms with van der Waals surface area (Å²) in [5.41, 5.74) is 5.08. The van der Waals surface area contributed by atoms with Crippen molar-refractivity contribution < 1.29 is 4.39 Å². The predicted molar refractivity (Wildman–Crippen MR) is 76.9 cm³/mol. The summed E-state index contributed by atoms with van der Waals surface area (Å²) in [6.45, 7) is 0. The van der Waals surface area contributed by atoms with E-state index in [9.17, 15) is 4.39 Å². The first-order valence-corrected chi connectivity index (χ1v) is 6.44. The monoisotopic (exact) mass is 283 g/mol. The number of nitrogens with one attached hydrogen (secondary N) is 1. The standard InChI is InChI=1S/C15H14FN5/c16-13-6-11(7-18-9-13)15(20-17)12-8-19-21(10-12)14-4-2-1-3-5-14/h1-10,15,20H,17H2. The molecule has 0 saturated heterocycles. The molecule has 0 radical (unpaired) electrons. The van der Waals surface area contributed by atoms with Crippen LogP contribution in [-0.2, 0) is 0 Å². The maximum absolute atomic E-state index is 13.3. The second kappa shape index (κ2) is 5.82. The number of hydrogen-bond acceptors (Lipinski definition) is 4. The van der Waals surface area contributed by atoms with Crippen LogP contribution in [-0.4, -0.2) is 14.8 Å². The number of rotatable bonds is 4. The molecule has 2 aromatic heterocycles. The van der Waals surface area contributed by atoms with Crippen molar-refractivity contribution in [2.45, 2.75) is 6.04 Å². The number of halogens is 1. The molecule has 0 saturated carbocycles. The molecular formula is C15H14FN5. The first-order chi connectivity index (χ1) is 10.3. The Labute approximate surface area is 121 Å². The van der Waals surface area contributed by atoms with E-state index in [-0.39, 0.29) is 6.04 Å². The number of hydrazine groups is 1. The molecule has 3 rings (SSSR count). The van der Waals surface area contributed by atoms with Crippen molar-refractivity contribution in [1.82, 2.24) is 20.2 Å². The van der Waals surface area contributed by atoms with Gasteiger partial charge in [-0.1, -0.05) is 18.2 Å². The molecule has 0 aliphatic heterocycles. The normalized spacial score (nSPS) is 12.3. The van der Waals surface area contributed by atoms with Crippen LogP contribution in [0.15, 0.2) is 61.2 Å².